The number of carbonyl (C=O) groups excluding carboxylic acids is 1. The Bertz CT molecular complexity index is 912. The summed E-state index contributed by atoms with van der Waals surface area (Å²) in [6.45, 7) is -0.331. The summed E-state index contributed by atoms with van der Waals surface area (Å²) in [4.78, 5) is 22.6. The quantitative estimate of drug-likeness (QED) is 0.461. The highest BCUT2D eigenvalue weighted by molar-refractivity contribution is 9.11. The van der Waals surface area contributed by atoms with Crippen molar-refractivity contribution in [1.29, 1.82) is 0 Å². The summed E-state index contributed by atoms with van der Waals surface area (Å²) in [6.07, 6.45) is 3.37. The topological polar surface area (TPSA) is 87.7 Å². The van der Waals surface area contributed by atoms with Crippen LogP contribution in [-0.4, -0.2) is 29.6 Å². The zero-order valence-corrected chi connectivity index (χ0v) is 18.5. The maximum atomic E-state index is 14.0. The standard InChI is InChI=1S/C20H19Br2FN2O4/c21-16-6-12(20(28)24-9-18(26)27)7-17(22)19(16)29-10-11-4-13(23)8-15(5-11)25-14-2-1-3-14/h4-8,14,25H,1-3,9-10H2,(H,24,28)(H,26,27). The number of hydrogen-bond acceptors (Lipinski definition) is 4. The van der Waals surface area contributed by atoms with Crippen LogP contribution in [0.1, 0.15) is 35.2 Å². The third-order valence-electron chi connectivity index (χ3n) is 4.48. The minimum Gasteiger partial charge on any atom is -0.487 e. The Morgan fingerprint density at radius 1 is 1.14 bits per heavy atom. The molecule has 1 saturated carbocycles. The third-order valence-corrected chi connectivity index (χ3v) is 5.66. The van der Waals surface area contributed by atoms with Gasteiger partial charge in [-0.25, -0.2) is 4.39 Å². The molecule has 0 aliphatic heterocycles. The Hall–Kier alpha value is -2.13. The largest absolute Gasteiger partial charge is 0.487 e. The minimum atomic E-state index is -1.13. The molecule has 0 unspecified atom stereocenters. The number of amides is 1. The maximum absolute atomic E-state index is 14.0. The van der Waals surface area contributed by atoms with Crippen molar-refractivity contribution in [2.45, 2.75) is 31.9 Å². The van der Waals surface area contributed by atoms with Gasteiger partial charge in [-0.2, -0.15) is 0 Å². The molecule has 154 valence electrons. The highest BCUT2D eigenvalue weighted by Gasteiger charge is 2.18. The van der Waals surface area contributed by atoms with Crippen LogP contribution < -0.4 is 15.4 Å². The molecule has 2 aromatic carbocycles. The first-order valence-electron chi connectivity index (χ1n) is 8.99. The van der Waals surface area contributed by atoms with Crippen molar-refractivity contribution in [3.8, 4) is 5.75 Å². The molecule has 2 aromatic rings. The van der Waals surface area contributed by atoms with E-state index in [1.165, 1.54) is 30.7 Å². The van der Waals surface area contributed by atoms with Gasteiger partial charge in [-0.1, -0.05) is 0 Å². The average molecular weight is 530 g/mol. The van der Waals surface area contributed by atoms with Gasteiger partial charge in [-0.3, -0.25) is 9.59 Å². The second-order valence-electron chi connectivity index (χ2n) is 6.75. The molecule has 29 heavy (non-hydrogen) atoms. The molecule has 1 aliphatic carbocycles. The smallest absolute Gasteiger partial charge is 0.322 e. The number of carboxylic acid groups (broad SMARTS) is 1. The van der Waals surface area contributed by atoms with Gasteiger partial charge >= 0.3 is 5.97 Å². The number of aliphatic carboxylic acids is 1. The molecule has 0 heterocycles. The summed E-state index contributed by atoms with van der Waals surface area (Å²) in [5.74, 6) is -1.52. The number of rotatable bonds is 8. The zero-order chi connectivity index (χ0) is 21.0. The van der Waals surface area contributed by atoms with Gasteiger partial charge in [0.25, 0.3) is 5.91 Å². The second-order valence-corrected chi connectivity index (χ2v) is 8.46. The van der Waals surface area contributed by atoms with Gasteiger partial charge in [0, 0.05) is 17.3 Å². The molecular weight excluding hydrogens is 511 g/mol. The highest BCUT2D eigenvalue weighted by atomic mass is 79.9. The van der Waals surface area contributed by atoms with E-state index in [-0.39, 0.29) is 18.0 Å². The molecule has 6 nitrogen and oxygen atoms in total. The number of anilines is 1. The van der Waals surface area contributed by atoms with E-state index in [2.05, 4.69) is 42.5 Å². The van der Waals surface area contributed by atoms with Crippen molar-refractivity contribution < 1.29 is 23.8 Å². The lowest BCUT2D eigenvalue weighted by Gasteiger charge is -2.27. The molecule has 0 aromatic heterocycles. The summed E-state index contributed by atoms with van der Waals surface area (Å²) < 4.78 is 20.8. The van der Waals surface area contributed by atoms with Crippen molar-refractivity contribution >= 4 is 49.4 Å². The summed E-state index contributed by atoms with van der Waals surface area (Å²) in [6, 6.07) is 8.21. The van der Waals surface area contributed by atoms with E-state index < -0.39 is 18.4 Å². The molecule has 0 atom stereocenters. The summed E-state index contributed by atoms with van der Waals surface area (Å²) in [5, 5.41) is 14.3. The van der Waals surface area contributed by atoms with Crippen LogP contribution in [0.5, 0.6) is 5.75 Å². The van der Waals surface area contributed by atoms with Crippen LogP contribution >= 0.6 is 31.9 Å². The predicted octanol–water partition coefficient (Wildman–Crippen LogP) is 4.71. The first kappa shape index (κ1) is 21.6. The lowest BCUT2D eigenvalue weighted by atomic mass is 9.93. The van der Waals surface area contributed by atoms with E-state index in [1.807, 2.05) is 6.07 Å². The fourth-order valence-electron chi connectivity index (χ4n) is 2.85. The van der Waals surface area contributed by atoms with Crippen LogP contribution in [0.2, 0.25) is 0 Å². The molecule has 0 bridgehead atoms. The normalized spacial score (nSPS) is 13.5. The Kier molecular flexibility index (Phi) is 7.13. The van der Waals surface area contributed by atoms with Gasteiger partial charge in [0.05, 0.1) is 8.95 Å². The van der Waals surface area contributed by atoms with Crippen LogP contribution in [-0.2, 0) is 11.4 Å². The Morgan fingerprint density at radius 2 is 1.83 bits per heavy atom. The fourth-order valence-corrected chi connectivity index (χ4v) is 4.26. The third kappa shape index (κ3) is 5.93. The SMILES string of the molecule is O=C(O)CNC(=O)c1cc(Br)c(OCc2cc(F)cc(NC3CCC3)c2)c(Br)c1. The molecule has 1 aliphatic rings. The number of benzene rings is 2. The molecule has 0 radical (unpaired) electrons. The molecule has 9 heteroatoms. The van der Waals surface area contributed by atoms with E-state index in [1.54, 1.807) is 0 Å². The summed E-state index contributed by atoms with van der Waals surface area (Å²) >= 11 is 6.72. The van der Waals surface area contributed by atoms with Crippen molar-refractivity contribution in [2.75, 3.05) is 11.9 Å². The number of carboxylic acids is 1. The van der Waals surface area contributed by atoms with Crippen molar-refractivity contribution in [3.63, 3.8) is 0 Å². The predicted molar refractivity (Wildman–Crippen MR) is 114 cm³/mol. The van der Waals surface area contributed by atoms with Crippen LogP contribution in [0, 0.1) is 5.82 Å². The lowest BCUT2D eigenvalue weighted by molar-refractivity contribution is -0.135. The molecule has 0 saturated heterocycles. The highest BCUT2D eigenvalue weighted by Crippen LogP contribution is 2.35. The van der Waals surface area contributed by atoms with Gasteiger partial charge < -0.3 is 20.5 Å². The van der Waals surface area contributed by atoms with Gasteiger partial charge in [-0.05, 0) is 87.0 Å². The number of carbonyl (C=O) groups is 2. The van der Waals surface area contributed by atoms with Crippen molar-refractivity contribution in [3.05, 3.63) is 56.2 Å². The van der Waals surface area contributed by atoms with Crippen LogP contribution in [0.15, 0.2) is 39.3 Å². The second kappa shape index (κ2) is 9.58. The fraction of sp³-hybridized carbons (Fsp3) is 0.300. The van der Waals surface area contributed by atoms with Crippen molar-refractivity contribution in [1.82, 2.24) is 5.32 Å². The van der Waals surface area contributed by atoms with E-state index in [9.17, 15) is 14.0 Å². The van der Waals surface area contributed by atoms with Crippen LogP contribution in [0.4, 0.5) is 10.1 Å². The zero-order valence-electron chi connectivity index (χ0n) is 15.3. The summed E-state index contributed by atoms with van der Waals surface area (Å²) in [5.41, 5.74) is 1.68. The molecule has 1 amide bonds. The average Bonchev–Trinajstić information content (AvgIpc) is 2.61. The molecule has 0 spiro atoms. The number of nitrogens with one attached hydrogen (secondary N) is 2. The van der Waals surface area contributed by atoms with E-state index in [4.69, 9.17) is 9.84 Å². The van der Waals surface area contributed by atoms with Crippen LogP contribution in [0.25, 0.3) is 0 Å². The van der Waals surface area contributed by atoms with Crippen molar-refractivity contribution in [2.24, 2.45) is 0 Å². The van der Waals surface area contributed by atoms with Gasteiger partial charge in [0.1, 0.15) is 24.7 Å². The first-order valence-corrected chi connectivity index (χ1v) is 10.6. The Morgan fingerprint density at radius 3 is 2.41 bits per heavy atom. The lowest BCUT2D eigenvalue weighted by Crippen LogP contribution is -2.29. The molecule has 1 fully saturated rings. The first-order chi connectivity index (χ1) is 13.8. The Balaban J connectivity index is 1.68. The number of ether oxygens (including phenoxy) is 1. The van der Waals surface area contributed by atoms with Crippen LogP contribution in [0.3, 0.4) is 0 Å². The monoisotopic (exact) mass is 528 g/mol. The van der Waals surface area contributed by atoms with E-state index in [0.717, 1.165) is 18.5 Å². The molecule has 3 rings (SSSR count). The summed E-state index contributed by atoms with van der Waals surface area (Å²) in [7, 11) is 0. The number of halogens is 3. The molecule has 3 N–H and O–H groups in total. The maximum Gasteiger partial charge on any atom is 0.322 e. The molecular formula is C20H19Br2FN2O4. The van der Waals surface area contributed by atoms with Gasteiger partial charge in [-0.15, -0.1) is 0 Å². The minimum absolute atomic E-state index is 0.138. The van der Waals surface area contributed by atoms with Gasteiger partial charge in [0.2, 0.25) is 0 Å². The number of hydrogen-bond donors (Lipinski definition) is 3. The van der Waals surface area contributed by atoms with E-state index in [0.29, 0.717) is 26.3 Å². The van der Waals surface area contributed by atoms with Gasteiger partial charge in [0.15, 0.2) is 0 Å². The van der Waals surface area contributed by atoms with E-state index >= 15 is 0 Å². The Labute approximate surface area is 184 Å².